The summed E-state index contributed by atoms with van der Waals surface area (Å²) in [7, 11) is 1.74. The number of hydrogen-bond acceptors (Lipinski definition) is 2. The molecule has 0 saturated carbocycles. The summed E-state index contributed by atoms with van der Waals surface area (Å²) in [4.78, 5) is 0. The predicted molar refractivity (Wildman–Crippen MR) is 90.6 cm³/mol. The molecule has 21 heavy (non-hydrogen) atoms. The Kier molecular flexibility index (Phi) is 8.26. The average molecular weight is 292 g/mol. The summed E-state index contributed by atoms with van der Waals surface area (Å²) in [6, 6.07) is 4.31. The minimum absolute atomic E-state index is 0.668. The van der Waals surface area contributed by atoms with Crippen LogP contribution in [0.25, 0.3) is 0 Å². The van der Waals surface area contributed by atoms with E-state index in [1.165, 1.54) is 36.8 Å². The van der Waals surface area contributed by atoms with Crippen LogP contribution < -0.4 is 9.47 Å². The number of benzene rings is 1. The molecular formula is C19H32O2. The van der Waals surface area contributed by atoms with Crippen molar-refractivity contribution in [3.8, 4) is 11.5 Å². The van der Waals surface area contributed by atoms with Gasteiger partial charge in [-0.3, -0.25) is 0 Å². The zero-order valence-corrected chi connectivity index (χ0v) is 14.5. The van der Waals surface area contributed by atoms with Crippen LogP contribution in [0.2, 0.25) is 0 Å². The van der Waals surface area contributed by atoms with Crippen molar-refractivity contribution in [3.63, 3.8) is 0 Å². The average Bonchev–Trinajstić information content (AvgIpc) is 2.54. The first-order chi connectivity index (χ1) is 10.2. The third-order valence-corrected chi connectivity index (χ3v) is 4.24. The molecule has 0 N–H and O–H groups in total. The van der Waals surface area contributed by atoms with Crippen molar-refractivity contribution in [2.75, 3.05) is 13.7 Å². The summed E-state index contributed by atoms with van der Waals surface area (Å²) in [5, 5.41) is 0. The highest BCUT2D eigenvalue weighted by Gasteiger charge is 2.12. The van der Waals surface area contributed by atoms with Crippen molar-refractivity contribution in [1.82, 2.24) is 0 Å². The highest BCUT2D eigenvalue weighted by molar-refractivity contribution is 5.46. The van der Waals surface area contributed by atoms with Gasteiger partial charge in [-0.25, -0.2) is 0 Å². The first-order valence-electron chi connectivity index (χ1n) is 8.52. The maximum absolute atomic E-state index is 6.16. The number of ether oxygens (including phenoxy) is 2. The molecule has 0 spiro atoms. The highest BCUT2D eigenvalue weighted by Crippen LogP contribution is 2.30. The second-order valence-corrected chi connectivity index (χ2v) is 5.71. The van der Waals surface area contributed by atoms with Gasteiger partial charge in [0.15, 0.2) is 0 Å². The Morgan fingerprint density at radius 3 is 2.10 bits per heavy atom. The van der Waals surface area contributed by atoms with Crippen molar-refractivity contribution in [1.29, 1.82) is 0 Å². The van der Waals surface area contributed by atoms with Gasteiger partial charge in [-0.2, -0.15) is 0 Å². The molecule has 2 heteroatoms. The van der Waals surface area contributed by atoms with Gasteiger partial charge in [0.2, 0.25) is 0 Å². The number of methoxy groups -OCH3 is 1. The van der Waals surface area contributed by atoms with Gasteiger partial charge in [-0.05, 0) is 48.4 Å². The van der Waals surface area contributed by atoms with E-state index in [0.717, 1.165) is 30.9 Å². The zero-order valence-electron chi connectivity index (χ0n) is 14.5. The maximum atomic E-state index is 6.16. The Hall–Kier alpha value is -1.18. The molecule has 1 rings (SSSR count). The van der Waals surface area contributed by atoms with E-state index in [1.807, 2.05) is 0 Å². The van der Waals surface area contributed by atoms with Crippen molar-refractivity contribution in [2.24, 2.45) is 5.92 Å². The second kappa shape index (κ2) is 9.70. The maximum Gasteiger partial charge on any atom is 0.123 e. The van der Waals surface area contributed by atoms with Crippen LogP contribution in [0, 0.1) is 5.92 Å². The normalized spacial score (nSPS) is 12.2. The van der Waals surface area contributed by atoms with Crippen LogP contribution in [0.5, 0.6) is 11.5 Å². The monoisotopic (exact) mass is 292 g/mol. The lowest BCUT2D eigenvalue weighted by molar-refractivity contribution is 0.231. The van der Waals surface area contributed by atoms with E-state index in [-0.39, 0.29) is 0 Å². The third-order valence-electron chi connectivity index (χ3n) is 4.24. The topological polar surface area (TPSA) is 18.5 Å². The van der Waals surface area contributed by atoms with Crippen LogP contribution in [0.15, 0.2) is 12.1 Å². The Balaban J connectivity index is 2.81. The third kappa shape index (κ3) is 5.26. The zero-order chi connectivity index (χ0) is 15.7. The SMILES string of the molecule is CCCCC(CC)COc1cc(CC)c(OC)cc1CC. The van der Waals surface area contributed by atoms with Gasteiger partial charge in [0, 0.05) is 0 Å². The molecule has 1 unspecified atom stereocenters. The molecule has 120 valence electrons. The van der Waals surface area contributed by atoms with Gasteiger partial charge in [-0.1, -0.05) is 47.0 Å². The van der Waals surface area contributed by atoms with Crippen molar-refractivity contribution in [2.45, 2.75) is 66.2 Å². The summed E-state index contributed by atoms with van der Waals surface area (Å²) in [6.07, 6.45) is 6.96. The van der Waals surface area contributed by atoms with E-state index in [1.54, 1.807) is 7.11 Å². The quantitative estimate of drug-likeness (QED) is 0.573. The first kappa shape index (κ1) is 17.9. The Labute approximate surface area is 130 Å². The van der Waals surface area contributed by atoms with Crippen molar-refractivity contribution < 1.29 is 9.47 Å². The molecule has 0 amide bonds. The number of hydrogen-bond donors (Lipinski definition) is 0. The lowest BCUT2D eigenvalue weighted by atomic mass is 10.0. The summed E-state index contributed by atoms with van der Waals surface area (Å²) >= 11 is 0. The number of aryl methyl sites for hydroxylation is 2. The summed E-state index contributed by atoms with van der Waals surface area (Å²) in [5.74, 6) is 2.70. The summed E-state index contributed by atoms with van der Waals surface area (Å²) < 4.78 is 11.6. The summed E-state index contributed by atoms with van der Waals surface area (Å²) in [6.45, 7) is 9.67. The van der Waals surface area contributed by atoms with Gasteiger partial charge < -0.3 is 9.47 Å². The predicted octanol–water partition coefficient (Wildman–Crippen LogP) is 5.42. The van der Waals surface area contributed by atoms with Crippen LogP contribution in [-0.4, -0.2) is 13.7 Å². The van der Waals surface area contributed by atoms with Gasteiger partial charge in [-0.15, -0.1) is 0 Å². The highest BCUT2D eigenvalue weighted by atomic mass is 16.5. The van der Waals surface area contributed by atoms with Crippen LogP contribution >= 0.6 is 0 Å². The minimum atomic E-state index is 0.668. The molecular weight excluding hydrogens is 260 g/mol. The minimum Gasteiger partial charge on any atom is -0.496 e. The lowest BCUT2D eigenvalue weighted by Crippen LogP contribution is -2.12. The second-order valence-electron chi connectivity index (χ2n) is 5.71. The molecule has 1 atom stereocenters. The van der Waals surface area contributed by atoms with Gasteiger partial charge in [0.25, 0.3) is 0 Å². The largest absolute Gasteiger partial charge is 0.496 e. The fourth-order valence-electron chi connectivity index (χ4n) is 2.63. The molecule has 0 aliphatic rings. The molecule has 2 nitrogen and oxygen atoms in total. The smallest absolute Gasteiger partial charge is 0.123 e. The molecule has 1 aromatic carbocycles. The summed E-state index contributed by atoms with van der Waals surface area (Å²) in [5.41, 5.74) is 2.47. The molecule has 0 aliphatic carbocycles. The van der Waals surface area contributed by atoms with Crippen LogP contribution in [0.3, 0.4) is 0 Å². The number of rotatable bonds is 10. The first-order valence-corrected chi connectivity index (χ1v) is 8.52. The lowest BCUT2D eigenvalue weighted by Gasteiger charge is -2.19. The van der Waals surface area contributed by atoms with Gasteiger partial charge >= 0.3 is 0 Å². The van der Waals surface area contributed by atoms with E-state index in [0.29, 0.717) is 5.92 Å². The molecule has 0 radical (unpaired) electrons. The molecule has 0 saturated heterocycles. The van der Waals surface area contributed by atoms with Crippen LogP contribution in [0.1, 0.15) is 64.5 Å². The van der Waals surface area contributed by atoms with Crippen LogP contribution in [0.4, 0.5) is 0 Å². The molecule has 0 heterocycles. The Morgan fingerprint density at radius 2 is 1.57 bits per heavy atom. The van der Waals surface area contributed by atoms with E-state index in [9.17, 15) is 0 Å². The van der Waals surface area contributed by atoms with Crippen molar-refractivity contribution in [3.05, 3.63) is 23.3 Å². The van der Waals surface area contributed by atoms with Gasteiger partial charge in [0.05, 0.1) is 13.7 Å². The molecule has 0 aliphatic heterocycles. The van der Waals surface area contributed by atoms with E-state index < -0.39 is 0 Å². The Bertz CT molecular complexity index is 412. The van der Waals surface area contributed by atoms with E-state index in [2.05, 4.69) is 39.8 Å². The van der Waals surface area contributed by atoms with E-state index >= 15 is 0 Å². The Morgan fingerprint density at radius 1 is 0.952 bits per heavy atom. The molecule has 1 aromatic rings. The van der Waals surface area contributed by atoms with Crippen molar-refractivity contribution >= 4 is 0 Å². The fraction of sp³-hybridized carbons (Fsp3) is 0.684. The molecule has 0 bridgehead atoms. The van der Waals surface area contributed by atoms with Gasteiger partial charge in [0.1, 0.15) is 11.5 Å². The van der Waals surface area contributed by atoms with Crippen LogP contribution in [-0.2, 0) is 12.8 Å². The number of unbranched alkanes of at least 4 members (excludes halogenated alkanes) is 1. The molecule has 0 aromatic heterocycles. The fourth-order valence-corrected chi connectivity index (χ4v) is 2.63. The standard InChI is InChI=1S/C19H32O2/c1-6-10-11-15(7-2)14-21-19-13-16(8-3)18(20-5)12-17(19)9-4/h12-13,15H,6-11,14H2,1-5H3. The van der Waals surface area contributed by atoms with E-state index in [4.69, 9.17) is 9.47 Å². The molecule has 0 fully saturated rings.